The van der Waals surface area contributed by atoms with Gasteiger partial charge in [0.05, 0.1) is 4.90 Å². The molecule has 0 radical (unpaired) electrons. The van der Waals surface area contributed by atoms with Crippen LogP contribution in [0.5, 0.6) is 0 Å². The zero-order chi connectivity index (χ0) is 18.6. The summed E-state index contributed by atoms with van der Waals surface area (Å²) in [7, 11) is -3.47. The molecule has 140 valence electrons. The maximum atomic E-state index is 13.0. The van der Waals surface area contributed by atoms with Crippen LogP contribution in [0.2, 0.25) is 0 Å². The molecule has 0 amide bonds. The number of piperidine rings is 1. The Balaban J connectivity index is 1.82. The van der Waals surface area contributed by atoms with E-state index >= 15 is 0 Å². The normalized spacial score (nSPS) is 21.6. The van der Waals surface area contributed by atoms with Gasteiger partial charge in [0, 0.05) is 19.7 Å². The lowest BCUT2D eigenvalue weighted by atomic mass is 9.79. The fourth-order valence-corrected chi connectivity index (χ4v) is 5.37. The molecule has 0 unspecified atom stereocenters. The molecule has 4 nitrogen and oxygen atoms in total. The third kappa shape index (κ3) is 4.17. The van der Waals surface area contributed by atoms with Gasteiger partial charge < -0.3 is 5.11 Å². The summed E-state index contributed by atoms with van der Waals surface area (Å²) in [6.45, 7) is 3.14. The first-order chi connectivity index (χ1) is 12.5. The fraction of sp³-hybridized carbons (Fsp3) is 0.429. The van der Waals surface area contributed by atoms with Crippen molar-refractivity contribution < 1.29 is 13.5 Å². The van der Waals surface area contributed by atoms with Gasteiger partial charge in [0.1, 0.15) is 0 Å². The minimum atomic E-state index is -3.47. The van der Waals surface area contributed by atoms with Crippen molar-refractivity contribution in [2.24, 2.45) is 5.92 Å². The zero-order valence-electron chi connectivity index (χ0n) is 15.2. The van der Waals surface area contributed by atoms with Gasteiger partial charge in [-0.25, -0.2) is 8.42 Å². The Morgan fingerprint density at radius 1 is 1.08 bits per heavy atom. The lowest BCUT2D eigenvalue weighted by molar-refractivity contribution is 0.202. The van der Waals surface area contributed by atoms with E-state index in [-0.39, 0.29) is 12.5 Å². The molecule has 1 aliphatic heterocycles. The van der Waals surface area contributed by atoms with Crippen LogP contribution in [0.15, 0.2) is 59.5 Å². The third-order valence-electron chi connectivity index (χ3n) is 5.32. The Morgan fingerprint density at radius 3 is 2.42 bits per heavy atom. The van der Waals surface area contributed by atoms with Crippen molar-refractivity contribution in [3.8, 4) is 0 Å². The maximum absolute atomic E-state index is 13.0. The Kier molecular flexibility index (Phi) is 6.12. The lowest BCUT2D eigenvalue weighted by Gasteiger charge is -2.38. The Hall–Kier alpha value is -1.69. The molecular formula is C21H27NO3S. The van der Waals surface area contributed by atoms with Crippen molar-refractivity contribution in [2.45, 2.75) is 37.0 Å². The Labute approximate surface area is 156 Å². The van der Waals surface area contributed by atoms with Gasteiger partial charge in [0.2, 0.25) is 10.0 Å². The molecule has 2 aromatic carbocycles. The van der Waals surface area contributed by atoms with Gasteiger partial charge in [-0.1, -0.05) is 48.0 Å². The van der Waals surface area contributed by atoms with Crippen molar-refractivity contribution >= 4 is 10.0 Å². The topological polar surface area (TPSA) is 57.6 Å². The minimum Gasteiger partial charge on any atom is -0.396 e. The minimum absolute atomic E-state index is 0.142. The van der Waals surface area contributed by atoms with Crippen LogP contribution in [0, 0.1) is 12.8 Å². The highest BCUT2D eigenvalue weighted by molar-refractivity contribution is 7.89. The van der Waals surface area contributed by atoms with Gasteiger partial charge in [-0.3, -0.25) is 0 Å². The van der Waals surface area contributed by atoms with E-state index in [4.69, 9.17) is 0 Å². The van der Waals surface area contributed by atoms with E-state index in [0.717, 1.165) is 18.4 Å². The van der Waals surface area contributed by atoms with E-state index in [9.17, 15) is 13.5 Å². The van der Waals surface area contributed by atoms with Crippen molar-refractivity contribution in [1.29, 1.82) is 0 Å². The summed E-state index contributed by atoms with van der Waals surface area (Å²) in [6, 6.07) is 17.4. The average Bonchev–Trinajstić information content (AvgIpc) is 2.67. The smallest absolute Gasteiger partial charge is 0.243 e. The van der Waals surface area contributed by atoms with E-state index in [1.165, 1.54) is 5.56 Å². The molecule has 0 aliphatic carbocycles. The molecule has 1 N–H and O–H groups in total. The van der Waals surface area contributed by atoms with E-state index in [1.54, 1.807) is 16.4 Å². The molecule has 0 aromatic heterocycles. The first-order valence-electron chi connectivity index (χ1n) is 9.25. The number of nitrogens with zero attached hydrogens (tertiary/aromatic N) is 1. The molecule has 1 saturated heterocycles. The first kappa shape index (κ1) is 19.1. The quantitative estimate of drug-likeness (QED) is 0.842. The van der Waals surface area contributed by atoms with E-state index in [1.807, 2.05) is 37.3 Å². The number of sulfonamides is 1. The number of aliphatic hydroxyl groups excluding tert-OH is 1. The average molecular weight is 374 g/mol. The van der Waals surface area contributed by atoms with Crippen LogP contribution in [0.1, 0.15) is 36.3 Å². The summed E-state index contributed by atoms with van der Waals surface area (Å²) < 4.78 is 27.7. The predicted octanol–water partition coefficient (Wildman–Crippen LogP) is 3.56. The summed E-state index contributed by atoms with van der Waals surface area (Å²) in [6.07, 6.45) is 2.34. The zero-order valence-corrected chi connectivity index (χ0v) is 16.0. The van der Waals surface area contributed by atoms with Gasteiger partial charge in [0.15, 0.2) is 0 Å². The van der Waals surface area contributed by atoms with Crippen LogP contribution in [0.4, 0.5) is 0 Å². The fourth-order valence-electron chi connectivity index (χ4n) is 3.86. The van der Waals surface area contributed by atoms with Crippen molar-refractivity contribution in [3.05, 3.63) is 65.7 Å². The van der Waals surface area contributed by atoms with E-state index in [2.05, 4.69) is 12.1 Å². The third-order valence-corrected chi connectivity index (χ3v) is 7.20. The highest BCUT2D eigenvalue weighted by Gasteiger charge is 2.35. The molecule has 1 heterocycles. The molecule has 3 rings (SSSR count). The summed E-state index contributed by atoms with van der Waals surface area (Å²) in [5.41, 5.74) is 2.32. The second-order valence-electron chi connectivity index (χ2n) is 7.11. The summed E-state index contributed by atoms with van der Waals surface area (Å²) >= 11 is 0. The molecule has 0 saturated carbocycles. The van der Waals surface area contributed by atoms with Gasteiger partial charge in [0.25, 0.3) is 0 Å². The molecule has 26 heavy (non-hydrogen) atoms. The van der Waals surface area contributed by atoms with Crippen LogP contribution in [0.3, 0.4) is 0 Å². The molecule has 0 spiro atoms. The highest BCUT2D eigenvalue weighted by Crippen LogP contribution is 2.37. The number of benzene rings is 2. The second kappa shape index (κ2) is 8.33. The van der Waals surface area contributed by atoms with E-state index < -0.39 is 10.0 Å². The number of hydrogen-bond acceptors (Lipinski definition) is 3. The van der Waals surface area contributed by atoms with Crippen LogP contribution in [0.25, 0.3) is 0 Å². The number of aryl methyl sites for hydroxylation is 1. The summed E-state index contributed by atoms with van der Waals surface area (Å²) in [4.78, 5) is 0.363. The standard InChI is InChI=1S/C21H27NO3S/c1-17-9-11-20(12-10-17)26(24,25)22-14-13-21(18-6-3-2-4-7-18)19(16-22)8-5-15-23/h2-4,6-7,9-12,19,21,23H,5,8,13-16H2,1H3/t19-,21+/m0/s1. The van der Waals surface area contributed by atoms with Crippen LogP contribution in [-0.2, 0) is 10.0 Å². The van der Waals surface area contributed by atoms with Crippen molar-refractivity contribution in [3.63, 3.8) is 0 Å². The van der Waals surface area contributed by atoms with Crippen molar-refractivity contribution in [1.82, 2.24) is 4.31 Å². The first-order valence-corrected chi connectivity index (χ1v) is 10.7. The summed E-state index contributed by atoms with van der Waals surface area (Å²) in [5, 5.41) is 9.25. The number of hydrogen-bond donors (Lipinski definition) is 1. The van der Waals surface area contributed by atoms with Gasteiger partial charge >= 0.3 is 0 Å². The molecule has 2 atom stereocenters. The molecule has 1 aliphatic rings. The summed E-state index contributed by atoms with van der Waals surface area (Å²) in [5.74, 6) is 0.561. The van der Waals surface area contributed by atoms with Crippen LogP contribution >= 0.6 is 0 Å². The van der Waals surface area contributed by atoms with Crippen LogP contribution < -0.4 is 0 Å². The van der Waals surface area contributed by atoms with E-state index in [0.29, 0.717) is 30.3 Å². The molecule has 0 bridgehead atoms. The monoisotopic (exact) mass is 373 g/mol. The SMILES string of the molecule is Cc1ccc(S(=O)(=O)N2CC[C@H](c3ccccc3)[C@@H](CCCO)C2)cc1. The number of rotatable bonds is 6. The largest absolute Gasteiger partial charge is 0.396 e. The lowest BCUT2D eigenvalue weighted by Crippen LogP contribution is -2.43. The molecule has 2 aromatic rings. The number of aliphatic hydroxyl groups is 1. The predicted molar refractivity (Wildman–Crippen MR) is 104 cm³/mol. The maximum Gasteiger partial charge on any atom is 0.243 e. The highest BCUT2D eigenvalue weighted by atomic mass is 32.2. The Bertz CT molecular complexity index is 803. The molecule has 5 heteroatoms. The molecule has 1 fully saturated rings. The molecular weight excluding hydrogens is 346 g/mol. The van der Waals surface area contributed by atoms with Gasteiger partial charge in [-0.2, -0.15) is 4.31 Å². The van der Waals surface area contributed by atoms with Crippen LogP contribution in [-0.4, -0.2) is 37.5 Å². The second-order valence-corrected chi connectivity index (χ2v) is 9.05. The van der Waals surface area contributed by atoms with Crippen molar-refractivity contribution in [2.75, 3.05) is 19.7 Å². The Morgan fingerprint density at radius 2 is 1.77 bits per heavy atom. The van der Waals surface area contributed by atoms with Gasteiger partial charge in [-0.15, -0.1) is 0 Å². The van der Waals surface area contributed by atoms with Gasteiger partial charge in [-0.05, 0) is 55.7 Å².